The Morgan fingerprint density at radius 2 is 2.08 bits per heavy atom. The van der Waals surface area contributed by atoms with E-state index in [0.717, 1.165) is 12.8 Å². The average Bonchev–Trinajstić information content (AvgIpc) is 2.87. The number of hydrogen-bond donors (Lipinski definition) is 1. The molecule has 26 heavy (non-hydrogen) atoms. The highest BCUT2D eigenvalue weighted by molar-refractivity contribution is 6.01. The second kappa shape index (κ2) is 7.63. The van der Waals surface area contributed by atoms with Gasteiger partial charge in [-0.05, 0) is 51.1 Å². The van der Waals surface area contributed by atoms with Gasteiger partial charge in [0.1, 0.15) is 5.75 Å². The summed E-state index contributed by atoms with van der Waals surface area (Å²) in [5, 5.41) is 9.62. The first-order valence-corrected chi connectivity index (χ1v) is 9.00. The molecule has 0 saturated carbocycles. The summed E-state index contributed by atoms with van der Waals surface area (Å²) in [7, 11) is 5.72. The number of likely N-dealkylation sites (tertiary alicyclic amines) is 1. The molecule has 0 unspecified atom stereocenters. The minimum atomic E-state index is -0.134. The Labute approximate surface area is 154 Å². The normalized spacial score (nSPS) is 23.5. The van der Waals surface area contributed by atoms with Crippen LogP contribution in [0, 0.1) is 5.92 Å². The Kier molecular flexibility index (Phi) is 5.48. The summed E-state index contributed by atoms with van der Waals surface area (Å²) in [4.78, 5) is 30.5. The molecule has 0 bridgehead atoms. The van der Waals surface area contributed by atoms with Gasteiger partial charge in [-0.2, -0.15) is 0 Å². The molecule has 7 nitrogen and oxygen atoms in total. The summed E-state index contributed by atoms with van der Waals surface area (Å²) in [5.74, 6) is 0.490. The summed E-state index contributed by atoms with van der Waals surface area (Å²) >= 11 is 0. The molecule has 1 saturated heterocycles. The van der Waals surface area contributed by atoms with Gasteiger partial charge in [-0.3, -0.25) is 9.59 Å². The van der Waals surface area contributed by atoms with Crippen molar-refractivity contribution in [3.63, 3.8) is 0 Å². The van der Waals surface area contributed by atoms with E-state index in [2.05, 4.69) is 4.90 Å². The smallest absolute Gasteiger partial charge is 0.264 e. The lowest BCUT2D eigenvalue weighted by Gasteiger charge is -2.30. The number of ether oxygens (including phenoxy) is 1. The van der Waals surface area contributed by atoms with Crippen molar-refractivity contribution in [3.8, 4) is 5.75 Å². The number of nitrogens with zero attached hydrogens (tertiary/aromatic N) is 3. The number of aliphatic hydroxyl groups excluding tert-OH is 1. The number of fused-ring (bicyclic) bond motifs is 1. The lowest BCUT2D eigenvalue weighted by Crippen LogP contribution is -2.43. The van der Waals surface area contributed by atoms with Crippen LogP contribution >= 0.6 is 0 Å². The van der Waals surface area contributed by atoms with Gasteiger partial charge in [0.25, 0.3) is 11.8 Å². The molecular formula is C19H27N3O4. The molecule has 1 aromatic rings. The van der Waals surface area contributed by atoms with Crippen LogP contribution in [0.2, 0.25) is 0 Å². The van der Waals surface area contributed by atoms with Crippen molar-refractivity contribution in [2.24, 2.45) is 5.92 Å². The van der Waals surface area contributed by atoms with E-state index >= 15 is 0 Å². The largest absolute Gasteiger partial charge is 0.482 e. The maximum absolute atomic E-state index is 13.1. The van der Waals surface area contributed by atoms with Gasteiger partial charge < -0.3 is 24.5 Å². The topological polar surface area (TPSA) is 73.3 Å². The molecule has 2 amide bonds. The van der Waals surface area contributed by atoms with Crippen LogP contribution in [0.5, 0.6) is 5.75 Å². The zero-order chi connectivity index (χ0) is 18.8. The van der Waals surface area contributed by atoms with Crippen molar-refractivity contribution in [1.82, 2.24) is 9.80 Å². The maximum atomic E-state index is 13.1. The molecule has 1 aromatic carbocycles. The summed E-state index contributed by atoms with van der Waals surface area (Å²) in [5.41, 5.74) is 1.15. The number of anilines is 1. The lowest BCUT2D eigenvalue weighted by molar-refractivity contribution is -0.120. The maximum Gasteiger partial charge on any atom is 0.264 e. The number of carbonyl (C=O) groups is 2. The van der Waals surface area contributed by atoms with E-state index in [4.69, 9.17) is 4.74 Å². The average molecular weight is 361 g/mol. The van der Waals surface area contributed by atoms with Gasteiger partial charge in [0.05, 0.1) is 5.69 Å². The molecule has 2 atom stereocenters. The zero-order valence-corrected chi connectivity index (χ0v) is 15.6. The standard InChI is InChI=1S/C19H27N3O4/c1-20(2)15-6-4-13(11-23)9-22(10-15)19(25)14-5-7-17-16(8-14)21(3)18(24)12-26-17/h5,7-8,13,15,23H,4,6,9-12H2,1-3H3/t13-,15+/m0/s1. The first-order chi connectivity index (χ1) is 12.4. The SMILES string of the molecule is CN1C(=O)COc2ccc(C(=O)N3C[C@@H](CO)CC[C@@H](N(C)C)C3)cc21. The third kappa shape index (κ3) is 3.68. The first-order valence-electron chi connectivity index (χ1n) is 9.00. The second-order valence-electron chi connectivity index (χ2n) is 7.38. The number of carbonyl (C=O) groups excluding carboxylic acids is 2. The Bertz CT molecular complexity index is 691. The number of rotatable bonds is 3. The number of hydrogen-bond acceptors (Lipinski definition) is 5. The van der Waals surface area contributed by atoms with E-state index < -0.39 is 0 Å². The van der Waals surface area contributed by atoms with Crippen molar-refractivity contribution >= 4 is 17.5 Å². The molecule has 3 rings (SSSR count). The summed E-state index contributed by atoms with van der Waals surface area (Å²) in [6.45, 7) is 1.28. The van der Waals surface area contributed by atoms with Crippen LogP contribution in [0.1, 0.15) is 23.2 Å². The minimum absolute atomic E-state index is 0.0195. The molecular weight excluding hydrogens is 334 g/mol. The molecule has 1 N–H and O–H groups in total. The fourth-order valence-electron chi connectivity index (χ4n) is 3.58. The van der Waals surface area contributed by atoms with Crippen LogP contribution in [-0.2, 0) is 4.79 Å². The summed E-state index contributed by atoms with van der Waals surface area (Å²) in [6.07, 6.45) is 1.86. The van der Waals surface area contributed by atoms with E-state index in [1.165, 1.54) is 4.90 Å². The van der Waals surface area contributed by atoms with Gasteiger partial charge in [0.2, 0.25) is 0 Å². The predicted molar refractivity (Wildman–Crippen MR) is 98.5 cm³/mol. The van der Waals surface area contributed by atoms with Gasteiger partial charge in [-0.15, -0.1) is 0 Å². The van der Waals surface area contributed by atoms with Crippen LogP contribution in [0.15, 0.2) is 18.2 Å². The molecule has 0 spiro atoms. The van der Waals surface area contributed by atoms with Crippen molar-refractivity contribution in [2.75, 3.05) is 52.3 Å². The molecule has 2 aliphatic rings. The van der Waals surface area contributed by atoms with Gasteiger partial charge >= 0.3 is 0 Å². The Morgan fingerprint density at radius 3 is 2.77 bits per heavy atom. The quantitative estimate of drug-likeness (QED) is 0.863. The number of aliphatic hydroxyl groups is 1. The molecule has 2 heterocycles. The van der Waals surface area contributed by atoms with E-state index in [-0.39, 0.29) is 37.0 Å². The molecule has 7 heteroatoms. The van der Waals surface area contributed by atoms with Crippen LogP contribution in [0.3, 0.4) is 0 Å². The van der Waals surface area contributed by atoms with Crippen molar-refractivity contribution in [1.29, 1.82) is 0 Å². The van der Waals surface area contributed by atoms with Gasteiger partial charge in [0.15, 0.2) is 6.61 Å². The van der Waals surface area contributed by atoms with Crippen LogP contribution < -0.4 is 9.64 Å². The van der Waals surface area contributed by atoms with Gasteiger partial charge in [0, 0.05) is 38.3 Å². The van der Waals surface area contributed by atoms with Crippen LogP contribution in [-0.4, -0.2) is 80.2 Å². The monoisotopic (exact) mass is 361 g/mol. The molecule has 0 radical (unpaired) electrons. The van der Waals surface area contributed by atoms with Crippen molar-refractivity contribution < 1.29 is 19.4 Å². The zero-order valence-electron chi connectivity index (χ0n) is 15.6. The first kappa shape index (κ1) is 18.7. The van der Waals surface area contributed by atoms with E-state index in [1.54, 1.807) is 25.2 Å². The fourth-order valence-corrected chi connectivity index (χ4v) is 3.58. The highest BCUT2D eigenvalue weighted by Gasteiger charge is 2.30. The number of benzene rings is 1. The Hall–Kier alpha value is -2.12. The molecule has 142 valence electrons. The van der Waals surface area contributed by atoms with E-state index in [0.29, 0.717) is 30.1 Å². The van der Waals surface area contributed by atoms with Gasteiger partial charge in [-0.25, -0.2) is 0 Å². The Balaban J connectivity index is 1.86. The predicted octanol–water partition coefficient (Wildman–Crippen LogP) is 0.816. The molecule has 2 aliphatic heterocycles. The number of amides is 2. The minimum Gasteiger partial charge on any atom is -0.482 e. The summed E-state index contributed by atoms with van der Waals surface area (Å²) in [6, 6.07) is 5.48. The fraction of sp³-hybridized carbons (Fsp3) is 0.579. The van der Waals surface area contributed by atoms with Crippen LogP contribution in [0.4, 0.5) is 5.69 Å². The highest BCUT2D eigenvalue weighted by atomic mass is 16.5. The number of likely N-dealkylation sites (N-methyl/N-ethyl adjacent to an activating group) is 2. The van der Waals surface area contributed by atoms with E-state index in [1.807, 2.05) is 19.0 Å². The summed E-state index contributed by atoms with van der Waals surface area (Å²) < 4.78 is 5.43. The van der Waals surface area contributed by atoms with Crippen molar-refractivity contribution in [3.05, 3.63) is 23.8 Å². The van der Waals surface area contributed by atoms with Gasteiger partial charge in [-0.1, -0.05) is 0 Å². The molecule has 0 aromatic heterocycles. The third-order valence-electron chi connectivity index (χ3n) is 5.39. The Morgan fingerprint density at radius 1 is 1.31 bits per heavy atom. The second-order valence-corrected chi connectivity index (χ2v) is 7.38. The molecule has 1 fully saturated rings. The van der Waals surface area contributed by atoms with E-state index in [9.17, 15) is 14.7 Å². The lowest BCUT2D eigenvalue weighted by atomic mass is 10.0. The van der Waals surface area contributed by atoms with Crippen LogP contribution in [0.25, 0.3) is 0 Å². The van der Waals surface area contributed by atoms with Crippen molar-refractivity contribution in [2.45, 2.75) is 18.9 Å². The third-order valence-corrected chi connectivity index (χ3v) is 5.39. The highest BCUT2D eigenvalue weighted by Crippen LogP contribution is 2.32. The molecule has 0 aliphatic carbocycles.